The van der Waals surface area contributed by atoms with E-state index >= 15 is 0 Å². The first-order chi connectivity index (χ1) is 9.97. The van der Waals surface area contributed by atoms with Gasteiger partial charge in [-0.2, -0.15) is 0 Å². The van der Waals surface area contributed by atoms with Crippen LogP contribution >= 0.6 is 0 Å². The van der Waals surface area contributed by atoms with Crippen LogP contribution in [0.3, 0.4) is 0 Å². The molecule has 0 saturated carbocycles. The van der Waals surface area contributed by atoms with Crippen LogP contribution in [-0.2, 0) is 14.6 Å². The molecule has 21 heavy (non-hydrogen) atoms. The van der Waals surface area contributed by atoms with Crippen molar-refractivity contribution >= 4 is 15.5 Å². The maximum Gasteiger partial charge on any atom is 0.202 e. The number of ether oxygens (including phenoxy) is 1. The van der Waals surface area contributed by atoms with Gasteiger partial charge in [0.05, 0.1) is 11.5 Å². The van der Waals surface area contributed by atoms with E-state index in [4.69, 9.17) is 10.5 Å². The number of piperazine rings is 1. The summed E-state index contributed by atoms with van der Waals surface area (Å²) in [5, 5.41) is 0. The standard InChI is InChI=1S/C14H23N3O3S/c1-16-6-8-17(9-7-16)10-11-20-12-21(18,19)14-4-2-13(15)3-5-14/h2-5H,6-12,15H2,1H3. The maximum absolute atomic E-state index is 12.1. The van der Waals surface area contributed by atoms with Gasteiger partial charge in [0, 0.05) is 38.4 Å². The molecular weight excluding hydrogens is 290 g/mol. The number of nitrogens with zero attached hydrogens (tertiary/aromatic N) is 2. The molecule has 0 bridgehead atoms. The minimum absolute atomic E-state index is 0.247. The summed E-state index contributed by atoms with van der Waals surface area (Å²) in [6.07, 6.45) is 0. The van der Waals surface area contributed by atoms with Crippen LogP contribution < -0.4 is 5.73 Å². The van der Waals surface area contributed by atoms with E-state index in [1.807, 2.05) is 0 Å². The van der Waals surface area contributed by atoms with Crippen molar-refractivity contribution in [1.29, 1.82) is 0 Å². The van der Waals surface area contributed by atoms with Crippen LogP contribution in [0.4, 0.5) is 5.69 Å². The Kier molecular flexibility index (Phi) is 5.58. The fourth-order valence-corrected chi connectivity index (χ4v) is 3.20. The Hall–Kier alpha value is -1.15. The highest BCUT2D eigenvalue weighted by atomic mass is 32.2. The maximum atomic E-state index is 12.1. The fraction of sp³-hybridized carbons (Fsp3) is 0.571. The van der Waals surface area contributed by atoms with Crippen molar-refractivity contribution in [3.63, 3.8) is 0 Å². The van der Waals surface area contributed by atoms with Crippen molar-refractivity contribution in [3.8, 4) is 0 Å². The first-order valence-corrected chi connectivity index (χ1v) is 8.69. The van der Waals surface area contributed by atoms with Gasteiger partial charge in [-0.05, 0) is 31.3 Å². The molecule has 0 spiro atoms. The van der Waals surface area contributed by atoms with Gasteiger partial charge in [-0.15, -0.1) is 0 Å². The Bertz CT molecular complexity index is 537. The smallest absolute Gasteiger partial charge is 0.202 e. The van der Waals surface area contributed by atoms with Gasteiger partial charge in [0.2, 0.25) is 9.84 Å². The van der Waals surface area contributed by atoms with Crippen molar-refractivity contribution < 1.29 is 13.2 Å². The monoisotopic (exact) mass is 313 g/mol. The zero-order valence-corrected chi connectivity index (χ0v) is 13.2. The number of nitrogen functional groups attached to an aromatic ring is 1. The summed E-state index contributed by atoms with van der Waals surface area (Å²) in [6.45, 7) is 5.30. The summed E-state index contributed by atoms with van der Waals surface area (Å²) >= 11 is 0. The molecule has 0 unspecified atom stereocenters. The highest BCUT2D eigenvalue weighted by Crippen LogP contribution is 2.13. The van der Waals surface area contributed by atoms with Crippen molar-refractivity contribution in [1.82, 2.24) is 9.80 Å². The molecule has 0 amide bonds. The van der Waals surface area contributed by atoms with E-state index in [0.29, 0.717) is 12.3 Å². The molecule has 1 fully saturated rings. The molecule has 6 nitrogen and oxygen atoms in total. The normalized spacial score (nSPS) is 18.0. The van der Waals surface area contributed by atoms with Crippen LogP contribution in [0.15, 0.2) is 29.2 Å². The molecule has 7 heteroatoms. The van der Waals surface area contributed by atoms with Crippen LogP contribution in [0, 0.1) is 0 Å². The lowest BCUT2D eigenvalue weighted by atomic mass is 10.3. The average molecular weight is 313 g/mol. The molecule has 2 rings (SSSR count). The van der Waals surface area contributed by atoms with Gasteiger partial charge in [0.15, 0.2) is 5.94 Å². The second-order valence-corrected chi connectivity index (χ2v) is 7.29. The van der Waals surface area contributed by atoms with Gasteiger partial charge in [-0.1, -0.05) is 0 Å². The number of hydrogen-bond acceptors (Lipinski definition) is 6. The number of benzene rings is 1. The van der Waals surface area contributed by atoms with Crippen molar-refractivity contribution in [2.45, 2.75) is 4.90 Å². The van der Waals surface area contributed by atoms with E-state index in [9.17, 15) is 8.42 Å². The van der Waals surface area contributed by atoms with Gasteiger partial charge in [-0.25, -0.2) is 8.42 Å². The number of rotatable bonds is 6. The molecule has 118 valence electrons. The molecule has 1 aromatic rings. The van der Waals surface area contributed by atoms with Gasteiger partial charge < -0.3 is 15.4 Å². The lowest BCUT2D eigenvalue weighted by molar-refractivity contribution is 0.101. The van der Waals surface area contributed by atoms with E-state index in [1.54, 1.807) is 12.1 Å². The Balaban J connectivity index is 1.73. The van der Waals surface area contributed by atoms with E-state index in [-0.39, 0.29) is 10.8 Å². The highest BCUT2D eigenvalue weighted by Gasteiger charge is 2.16. The first kappa shape index (κ1) is 16.2. The third-order valence-electron chi connectivity index (χ3n) is 3.63. The predicted molar refractivity (Wildman–Crippen MR) is 82.8 cm³/mol. The molecule has 1 heterocycles. The van der Waals surface area contributed by atoms with Gasteiger partial charge >= 0.3 is 0 Å². The Labute approximate surface area is 126 Å². The minimum atomic E-state index is -3.39. The molecule has 0 atom stereocenters. The Morgan fingerprint density at radius 2 is 1.76 bits per heavy atom. The van der Waals surface area contributed by atoms with Crippen LogP contribution in [0.25, 0.3) is 0 Å². The lowest BCUT2D eigenvalue weighted by Crippen LogP contribution is -2.45. The quantitative estimate of drug-likeness (QED) is 0.600. The van der Waals surface area contributed by atoms with E-state index in [0.717, 1.165) is 32.7 Å². The van der Waals surface area contributed by atoms with Crippen LogP contribution in [-0.4, -0.2) is 70.5 Å². The third kappa shape index (κ3) is 4.96. The Morgan fingerprint density at radius 3 is 2.38 bits per heavy atom. The fourth-order valence-electron chi connectivity index (χ4n) is 2.18. The second-order valence-electron chi connectivity index (χ2n) is 5.35. The number of likely N-dealkylation sites (N-methyl/N-ethyl adjacent to an activating group) is 1. The molecule has 1 aromatic carbocycles. The van der Waals surface area contributed by atoms with E-state index in [1.165, 1.54) is 12.1 Å². The van der Waals surface area contributed by atoms with Gasteiger partial charge in [0.25, 0.3) is 0 Å². The number of anilines is 1. The highest BCUT2D eigenvalue weighted by molar-refractivity contribution is 7.91. The van der Waals surface area contributed by atoms with E-state index < -0.39 is 9.84 Å². The van der Waals surface area contributed by atoms with Crippen molar-refractivity contribution in [2.24, 2.45) is 0 Å². The summed E-state index contributed by atoms with van der Waals surface area (Å²) in [7, 11) is -1.29. The average Bonchev–Trinajstić information content (AvgIpc) is 2.46. The topological polar surface area (TPSA) is 75.9 Å². The largest absolute Gasteiger partial charge is 0.399 e. The van der Waals surface area contributed by atoms with Crippen LogP contribution in [0.2, 0.25) is 0 Å². The molecule has 2 N–H and O–H groups in total. The van der Waals surface area contributed by atoms with Gasteiger partial charge in [0.1, 0.15) is 0 Å². The van der Waals surface area contributed by atoms with Crippen molar-refractivity contribution in [3.05, 3.63) is 24.3 Å². The summed E-state index contributed by atoms with van der Waals surface area (Å²) in [6, 6.07) is 6.18. The summed E-state index contributed by atoms with van der Waals surface area (Å²) < 4.78 is 29.4. The zero-order chi connectivity index (χ0) is 15.3. The van der Waals surface area contributed by atoms with Crippen molar-refractivity contribution in [2.75, 3.05) is 58.1 Å². The molecule has 1 aliphatic rings. The molecule has 1 aliphatic heterocycles. The summed E-state index contributed by atoms with van der Waals surface area (Å²) in [5.74, 6) is -0.287. The molecule has 0 radical (unpaired) electrons. The summed E-state index contributed by atoms with van der Waals surface area (Å²) in [5.41, 5.74) is 6.10. The Morgan fingerprint density at radius 1 is 1.14 bits per heavy atom. The number of hydrogen-bond donors (Lipinski definition) is 1. The molecular formula is C14H23N3O3S. The van der Waals surface area contributed by atoms with Crippen LogP contribution in [0.5, 0.6) is 0 Å². The third-order valence-corrected chi connectivity index (χ3v) is 5.09. The van der Waals surface area contributed by atoms with Gasteiger partial charge in [-0.3, -0.25) is 4.90 Å². The number of sulfone groups is 1. The molecule has 1 saturated heterocycles. The SMILES string of the molecule is CN1CCN(CCOCS(=O)(=O)c2ccc(N)cc2)CC1. The summed E-state index contributed by atoms with van der Waals surface area (Å²) in [4.78, 5) is 4.81. The first-order valence-electron chi connectivity index (χ1n) is 7.04. The zero-order valence-electron chi connectivity index (χ0n) is 12.4. The molecule has 0 aromatic heterocycles. The number of nitrogens with two attached hydrogens (primary N) is 1. The lowest BCUT2D eigenvalue weighted by Gasteiger charge is -2.32. The van der Waals surface area contributed by atoms with Crippen LogP contribution in [0.1, 0.15) is 0 Å². The van der Waals surface area contributed by atoms with E-state index in [2.05, 4.69) is 16.8 Å². The minimum Gasteiger partial charge on any atom is -0.399 e. The second kappa shape index (κ2) is 7.22. The molecule has 0 aliphatic carbocycles. The predicted octanol–water partition coefficient (Wildman–Crippen LogP) is 0.264.